The van der Waals surface area contributed by atoms with E-state index < -0.39 is 0 Å². The number of nitrogens with zero attached hydrogens (tertiary/aromatic N) is 1. The quantitative estimate of drug-likeness (QED) is 0.872. The average Bonchev–Trinajstić information content (AvgIpc) is 2.89. The number of ether oxygens (including phenoxy) is 1. The average molecular weight is 255 g/mol. The second-order valence-corrected chi connectivity index (χ2v) is 5.68. The molecule has 1 aliphatic rings. The fraction of sp³-hybridized carbons (Fsp3) is 0.692. The number of aliphatic hydroxyl groups is 1. The van der Waals surface area contributed by atoms with Crippen LogP contribution < -0.4 is 0 Å². The Kier molecular flexibility index (Phi) is 4.56. The van der Waals surface area contributed by atoms with Crippen molar-refractivity contribution in [2.24, 2.45) is 0 Å². The standard InChI is InChI=1S/C13H21NO2S/c1-10-5-12(11-3-4-17-9-11)6-14(10)7-13(15)8-16-2/h3-4,9-10,12-13,15H,5-8H2,1-2H3/t10-,12-,13+/m0/s1. The summed E-state index contributed by atoms with van der Waals surface area (Å²) < 4.78 is 4.97. The van der Waals surface area contributed by atoms with Gasteiger partial charge in [0.05, 0.1) is 12.7 Å². The minimum Gasteiger partial charge on any atom is -0.389 e. The van der Waals surface area contributed by atoms with Crippen LogP contribution in [0.15, 0.2) is 16.8 Å². The molecule has 3 atom stereocenters. The second kappa shape index (κ2) is 5.96. The normalized spacial score (nSPS) is 27.5. The lowest BCUT2D eigenvalue weighted by molar-refractivity contribution is 0.0360. The molecular formula is C13H21NO2S. The number of hydrogen-bond donors (Lipinski definition) is 1. The summed E-state index contributed by atoms with van der Waals surface area (Å²) in [4.78, 5) is 2.37. The van der Waals surface area contributed by atoms with Gasteiger partial charge >= 0.3 is 0 Å². The van der Waals surface area contributed by atoms with E-state index in [9.17, 15) is 5.11 Å². The van der Waals surface area contributed by atoms with Crippen molar-refractivity contribution in [3.05, 3.63) is 22.4 Å². The van der Waals surface area contributed by atoms with Gasteiger partial charge in [-0.1, -0.05) is 0 Å². The summed E-state index contributed by atoms with van der Waals surface area (Å²) in [5, 5.41) is 14.2. The molecule has 17 heavy (non-hydrogen) atoms. The summed E-state index contributed by atoms with van der Waals surface area (Å²) >= 11 is 1.76. The van der Waals surface area contributed by atoms with E-state index in [4.69, 9.17) is 4.74 Å². The van der Waals surface area contributed by atoms with Gasteiger partial charge in [0, 0.05) is 26.2 Å². The second-order valence-electron chi connectivity index (χ2n) is 4.90. The molecule has 3 nitrogen and oxygen atoms in total. The zero-order valence-corrected chi connectivity index (χ0v) is 11.3. The molecule has 1 saturated heterocycles. The lowest BCUT2D eigenvalue weighted by Crippen LogP contribution is -2.36. The predicted molar refractivity (Wildman–Crippen MR) is 70.6 cm³/mol. The van der Waals surface area contributed by atoms with Crippen molar-refractivity contribution in [3.63, 3.8) is 0 Å². The van der Waals surface area contributed by atoms with E-state index in [0.717, 1.165) is 13.1 Å². The van der Waals surface area contributed by atoms with Gasteiger partial charge in [0.2, 0.25) is 0 Å². The first-order chi connectivity index (χ1) is 8.20. The first kappa shape index (κ1) is 13.0. The first-order valence-electron chi connectivity index (χ1n) is 6.14. The molecule has 0 aliphatic carbocycles. The van der Waals surface area contributed by atoms with Crippen LogP contribution in [0.25, 0.3) is 0 Å². The van der Waals surface area contributed by atoms with E-state index in [2.05, 4.69) is 28.7 Å². The Hall–Kier alpha value is -0.420. The van der Waals surface area contributed by atoms with E-state index in [1.165, 1.54) is 12.0 Å². The molecule has 4 heteroatoms. The number of rotatable bonds is 5. The molecular weight excluding hydrogens is 234 g/mol. The molecule has 0 unspecified atom stereocenters. The molecule has 0 spiro atoms. The molecule has 1 aromatic heterocycles. The molecule has 1 fully saturated rings. The van der Waals surface area contributed by atoms with Crippen LogP contribution in [-0.2, 0) is 4.74 Å². The zero-order valence-electron chi connectivity index (χ0n) is 10.5. The maximum atomic E-state index is 9.78. The smallest absolute Gasteiger partial charge is 0.0900 e. The van der Waals surface area contributed by atoms with E-state index in [0.29, 0.717) is 18.6 Å². The highest BCUT2D eigenvalue weighted by Gasteiger charge is 2.31. The van der Waals surface area contributed by atoms with Crippen molar-refractivity contribution in [1.82, 2.24) is 4.90 Å². The third kappa shape index (κ3) is 3.28. The molecule has 1 aliphatic heterocycles. The van der Waals surface area contributed by atoms with Gasteiger partial charge in [0.15, 0.2) is 0 Å². The van der Waals surface area contributed by atoms with Gasteiger partial charge in [-0.3, -0.25) is 4.90 Å². The van der Waals surface area contributed by atoms with E-state index in [1.54, 1.807) is 18.4 Å². The Morgan fingerprint density at radius 2 is 2.47 bits per heavy atom. The third-order valence-corrected chi connectivity index (χ3v) is 4.22. The number of methoxy groups -OCH3 is 1. The van der Waals surface area contributed by atoms with Crippen molar-refractivity contribution in [2.75, 3.05) is 26.8 Å². The van der Waals surface area contributed by atoms with Crippen molar-refractivity contribution < 1.29 is 9.84 Å². The van der Waals surface area contributed by atoms with Crippen LogP contribution in [-0.4, -0.2) is 49.0 Å². The summed E-state index contributed by atoms with van der Waals surface area (Å²) in [5.41, 5.74) is 1.45. The summed E-state index contributed by atoms with van der Waals surface area (Å²) in [7, 11) is 1.63. The molecule has 96 valence electrons. The summed E-state index contributed by atoms with van der Waals surface area (Å²) in [6.07, 6.45) is 0.819. The van der Waals surface area contributed by atoms with Gasteiger partial charge in [-0.15, -0.1) is 0 Å². The first-order valence-corrected chi connectivity index (χ1v) is 7.08. The minimum atomic E-state index is -0.372. The molecule has 2 heterocycles. The molecule has 1 N–H and O–H groups in total. The molecule has 0 aromatic carbocycles. The summed E-state index contributed by atoms with van der Waals surface area (Å²) in [5.74, 6) is 0.631. The fourth-order valence-electron chi connectivity index (χ4n) is 2.62. The highest BCUT2D eigenvalue weighted by Crippen LogP contribution is 2.32. The number of hydrogen-bond acceptors (Lipinski definition) is 4. The number of β-amino-alcohol motifs (C(OH)–C–C–N with tert-alkyl or cyclic N) is 1. The number of thiophene rings is 1. The van der Waals surface area contributed by atoms with Crippen LogP contribution in [0.5, 0.6) is 0 Å². The Balaban J connectivity index is 1.89. The molecule has 0 amide bonds. The largest absolute Gasteiger partial charge is 0.389 e. The van der Waals surface area contributed by atoms with Crippen LogP contribution in [0.1, 0.15) is 24.8 Å². The van der Waals surface area contributed by atoms with Crippen LogP contribution in [0.4, 0.5) is 0 Å². The van der Waals surface area contributed by atoms with E-state index in [-0.39, 0.29) is 6.10 Å². The van der Waals surface area contributed by atoms with Gasteiger partial charge in [-0.05, 0) is 41.7 Å². The summed E-state index contributed by atoms with van der Waals surface area (Å²) in [6, 6.07) is 2.77. The van der Waals surface area contributed by atoms with E-state index >= 15 is 0 Å². The van der Waals surface area contributed by atoms with Crippen molar-refractivity contribution in [2.45, 2.75) is 31.4 Å². The number of aliphatic hydroxyl groups excluding tert-OH is 1. The van der Waals surface area contributed by atoms with Gasteiger partial charge in [0.25, 0.3) is 0 Å². The van der Waals surface area contributed by atoms with Crippen molar-refractivity contribution in [3.8, 4) is 0 Å². The molecule has 2 rings (SSSR count). The fourth-order valence-corrected chi connectivity index (χ4v) is 3.36. The van der Waals surface area contributed by atoms with Crippen LogP contribution in [0.3, 0.4) is 0 Å². The van der Waals surface area contributed by atoms with Crippen LogP contribution in [0.2, 0.25) is 0 Å². The van der Waals surface area contributed by atoms with Crippen LogP contribution in [0, 0.1) is 0 Å². The lowest BCUT2D eigenvalue weighted by atomic mass is 10.00. The molecule has 0 bridgehead atoms. The predicted octanol–water partition coefficient (Wildman–Crippen LogP) is 1.93. The Labute approximate surface area is 107 Å². The van der Waals surface area contributed by atoms with Crippen molar-refractivity contribution in [1.29, 1.82) is 0 Å². The molecule has 1 aromatic rings. The van der Waals surface area contributed by atoms with Crippen molar-refractivity contribution >= 4 is 11.3 Å². The van der Waals surface area contributed by atoms with Gasteiger partial charge < -0.3 is 9.84 Å². The monoisotopic (exact) mass is 255 g/mol. The third-order valence-electron chi connectivity index (χ3n) is 3.52. The Morgan fingerprint density at radius 1 is 1.65 bits per heavy atom. The van der Waals surface area contributed by atoms with Gasteiger partial charge in [-0.25, -0.2) is 0 Å². The lowest BCUT2D eigenvalue weighted by Gasteiger charge is -2.23. The Bertz CT molecular complexity index is 328. The molecule has 0 radical (unpaired) electrons. The zero-order chi connectivity index (χ0) is 12.3. The highest BCUT2D eigenvalue weighted by molar-refractivity contribution is 7.07. The topological polar surface area (TPSA) is 32.7 Å². The van der Waals surface area contributed by atoms with E-state index in [1.807, 2.05) is 0 Å². The van der Waals surface area contributed by atoms with Crippen LogP contribution >= 0.6 is 11.3 Å². The molecule has 0 saturated carbocycles. The number of likely N-dealkylation sites (tertiary alicyclic amines) is 1. The maximum Gasteiger partial charge on any atom is 0.0900 e. The minimum absolute atomic E-state index is 0.372. The summed E-state index contributed by atoms with van der Waals surface area (Å²) in [6.45, 7) is 4.44. The maximum absolute atomic E-state index is 9.78. The Morgan fingerprint density at radius 3 is 3.12 bits per heavy atom. The SMILES string of the molecule is COC[C@H](O)CN1C[C@@H](c2ccsc2)C[C@@H]1C. The van der Waals surface area contributed by atoms with Gasteiger partial charge in [-0.2, -0.15) is 11.3 Å². The highest BCUT2D eigenvalue weighted by atomic mass is 32.1. The van der Waals surface area contributed by atoms with Gasteiger partial charge in [0.1, 0.15) is 0 Å².